The van der Waals surface area contributed by atoms with Gasteiger partial charge in [0.15, 0.2) is 7.28 Å². The van der Waals surface area contributed by atoms with Gasteiger partial charge in [-0.05, 0) is 5.59 Å². The third-order valence-electron chi connectivity index (χ3n) is 1.10. The molecule has 1 N–H and O–H groups in total. The Hall–Kier alpha value is -0.985. The van der Waals surface area contributed by atoms with Crippen molar-refractivity contribution >= 4 is 12.9 Å². The quantitative estimate of drug-likeness (QED) is 0.509. The van der Waals surface area contributed by atoms with E-state index < -0.39 is 0 Å². The Morgan fingerprint density at radius 3 is 2.78 bits per heavy atom. The Morgan fingerprint density at radius 1 is 1.56 bits per heavy atom. The number of H-pyrrole nitrogens is 1. The summed E-state index contributed by atoms with van der Waals surface area (Å²) in [7, 11) is 1.85. The maximum absolute atomic E-state index is 10.6. The molecule has 0 saturated carbocycles. The molecule has 0 spiro atoms. The molecule has 1 heterocycles. The van der Waals surface area contributed by atoms with Gasteiger partial charge < -0.3 is 4.98 Å². The van der Waals surface area contributed by atoms with Crippen LogP contribution in [0.1, 0.15) is 0 Å². The molecular weight excluding hydrogens is 113 g/mol. The fourth-order valence-corrected chi connectivity index (χ4v) is 0.633. The average Bonchev–Trinajstić information content (AvgIpc) is 1.88. The van der Waals surface area contributed by atoms with Crippen LogP contribution in [0, 0.1) is 0 Å². The standard InChI is InChI=1S/C6H7BNO/c1-7-5-3-2-4-6(9)8-5/h2-4H,1H3,(H,8,9). The molecule has 0 aliphatic rings. The van der Waals surface area contributed by atoms with Crippen molar-refractivity contribution in [3.8, 4) is 0 Å². The summed E-state index contributed by atoms with van der Waals surface area (Å²) >= 11 is 0. The molecule has 0 saturated heterocycles. The minimum absolute atomic E-state index is 0.0504. The van der Waals surface area contributed by atoms with Crippen LogP contribution in [-0.2, 0) is 0 Å². The number of pyridine rings is 1. The second kappa shape index (κ2) is 2.53. The Bertz CT molecular complexity index is 243. The average molecular weight is 120 g/mol. The summed E-state index contributed by atoms with van der Waals surface area (Å²) in [4.78, 5) is 13.2. The van der Waals surface area contributed by atoms with Crippen molar-refractivity contribution in [3.05, 3.63) is 28.6 Å². The summed E-state index contributed by atoms with van der Waals surface area (Å²) in [6.07, 6.45) is 0. The second-order valence-corrected chi connectivity index (χ2v) is 1.76. The van der Waals surface area contributed by atoms with Gasteiger partial charge in [-0.1, -0.05) is 19.0 Å². The fraction of sp³-hybridized carbons (Fsp3) is 0.167. The number of rotatable bonds is 1. The lowest BCUT2D eigenvalue weighted by molar-refractivity contribution is 1.28. The van der Waals surface area contributed by atoms with E-state index in [0.717, 1.165) is 5.59 Å². The molecular formula is C6H7BNO. The van der Waals surface area contributed by atoms with E-state index in [4.69, 9.17) is 0 Å². The van der Waals surface area contributed by atoms with Gasteiger partial charge in [0, 0.05) is 6.07 Å². The topological polar surface area (TPSA) is 32.9 Å². The van der Waals surface area contributed by atoms with Crippen molar-refractivity contribution in [2.75, 3.05) is 0 Å². The number of nitrogens with one attached hydrogen (secondary N) is 1. The van der Waals surface area contributed by atoms with Gasteiger partial charge in [0.25, 0.3) is 0 Å². The molecule has 1 rings (SSSR count). The van der Waals surface area contributed by atoms with Crippen LogP contribution in [0.2, 0.25) is 6.82 Å². The van der Waals surface area contributed by atoms with Crippen LogP contribution in [0.5, 0.6) is 0 Å². The van der Waals surface area contributed by atoms with Crippen LogP contribution in [0.25, 0.3) is 0 Å². The molecule has 0 fully saturated rings. The predicted molar refractivity (Wildman–Crippen MR) is 38.3 cm³/mol. The van der Waals surface area contributed by atoms with Crippen LogP contribution in [0.4, 0.5) is 0 Å². The van der Waals surface area contributed by atoms with Crippen molar-refractivity contribution in [2.45, 2.75) is 6.82 Å². The molecule has 0 amide bonds. The SMILES string of the molecule is C[B]c1cccc(=O)[nH]1. The van der Waals surface area contributed by atoms with Crippen LogP contribution in [0.15, 0.2) is 23.0 Å². The third-order valence-corrected chi connectivity index (χ3v) is 1.10. The minimum Gasteiger partial charge on any atom is -0.335 e. The van der Waals surface area contributed by atoms with Crippen molar-refractivity contribution in [1.29, 1.82) is 0 Å². The van der Waals surface area contributed by atoms with Crippen LogP contribution < -0.4 is 11.2 Å². The molecule has 1 aromatic heterocycles. The first-order valence-electron chi connectivity index (χ1n) is 2.81. The molecule has 1 aromatic rings. The molecule has 0 unspecified atom stereocenters. The van der Waals surface area contributed by atoms with E-state index in [0.29, 0.717) is 0 Å². The summed E-state index contributed by atoms with van der Waals surface area (Å²) in [5.74, 6) is 0. The monoisotopic (exact) mass is 120 g/mol. The molecule has 3 heteroatoms. The highest BCUT2D eigenvalue weighted by Crippen LogP contribution is 1.67. The number of hydrogen-bond donors (Lipinski definition) is 1. The van der Waals surface area contributed by atoms with Crippen molar-refractivity contribution in [1.82, 2.24) is 4.98 Å². The summed E-state index contributed by atoms with van der Waals surface area (Å²) < 4.78 is 0. The Labute approximate surface area is 54.2 Å². The molecule has 2 nitrogen and oxygen atoms in total. The zero-order valence-corrected chi connectivity index (χ0v) is 5.22. The van der Waals surface area contributed by atoms with E-state index in [-0.39, 0.29) is 5.56 Å². The molecule has 0 aromatic carbocycles. The Balaban J connectivity index is 3.08. The molecule has 0 bridgehead atoms. The normalized spacial score (nSPS) is 9.00. The smallest absolute Gasteiger partial charge is 0.247 e. The fourth-order valence-electron chi connectivity index (χ4n) is 0.633. The van der Waals surface area contributed by atoms with E-state index in [1.807, 2.05) is 20.2 Å². The molecule has 0 aliphatic carbocycles. The number of aromatic amines is 1. The molecule has 45 valence electrons. The highest BCUT2D eigenvalue weighted by molar-refractivity contribution is 6.50. The van der Waals surface area contributed by atoms with E-state index in [2.05, 4.69) is 4.98 Å². The summed E-state index contributed by atoms with van der Waals surface area (Å²) in [6.45, 7) is 1.88. The largest absolute Gasteiger partial charge is 0.335 e. The minimum atomic E-state index is -0.0504. The van der Waals surface area contributed by atoms with E-state index in [1.54, 1.807) is 6.07 Å². The van der Waals surface area contributed by atoms with Gasteiger partial charge in [-0.15, -0.1) is 0 Å². The van der Waals surface area contributed by atoms with Crippen molar-refractivity contribution < 1.29 is 0 Å². The van der Waals surface area contributed by atoms with Gasteiger partial charge in [-0.3, -0.25) is 4.79 Å². The Morgan fingerprint density at radius 2 is 2.33 bits per heavy atom. The van der Waals surface area contributed by atoms with Crippen molar-refractivity contribution in [3.63, 3.8) is 0 Å². The molecule has 0 atom stereocenters. The zero-order valence-electron chi connectivity index (χ0n) is 5.22. The molecule has 9 heavy (non-hydrogen) atoms. The van der Waals surface area contributed by atoms with Crippen LogP contribution >= 0.6 is 0 Å². The predicted octanol–water partition coefficient (Wildman–Crippen LogP) is -0.247. The number of aromatic nitrogens is 1. The lowest BCUT2D eigenvalue weighted by Crippen LogP contribution is -2.22. The zero-order chi connectivity index (χ0) is 6.69. The number of hydrogen-bond acceptors (Lipinski definition) is 1. The Kier molecular flexibility index (Phi) is 1.73. The van der Waals surface area contributed by atoms with Crippen molar-refractivity contribution in [2.24, 2.45) is 0 Å². The van der Waals surface area contributed by atoms with E-state index >= 15 is 0 Å². The lowest BCUT2D eigenvalue weighted by atomic mass is 9.78. The van der Waals surface area contributed by atoms with Gasteiger partial charge in [-0.25, -0.2) is 0 Å². The van der Waals surface area contributed by atoms with Gasteiger partial charge >= 0.3 is 0 Å². The highest BCUT2D eigenvalue weighted by Gasteiger charge is 1.86. The van der Waals surface area contributed by atoms with E-state index in [1.165, 1.54) is 6.07 Å². The second-order valence-electron chi connectivity index (χ2n) is 1.76. The molecule has 1 radical (unpaired) electrons. The highest BCUT2D eigenvalue weighted by atomic mass is 16.1. The third kappa shape index (κ3) is 1.45. The van der Waals surface area contributed by atoms with Crippen LogP contribution in [-0.4, -0.2) is 12.3 Å². The first-order valence-corrected chi connectivity index (χ1v) is 2.81. The first-order chi connectivity index (χ1) is 4.33. The van der Waals surface area contributed by atoms with Gasteiger partial charge in [0.1, 0.15) is 0 Å². The summed E-state index contributed by atoms with van der Waals surface area (Å²) in [6, 6.07) is 5.07. The lowest BCUT2D eigenvalue weighted by Gasteiger charge is -1.90. The summed E-state index contributed by atoms with van der Waals surface area (Å²) in [5, 5.41) is 0. The maximum Gasteiger partial charge on any atom is 0.247 e. The first kappa shape index (κ1) is 6.14. The molecule has 0 aliphatic heterocycles. The summed E-state index contributed by atoms with van der Waals surface area (Å²) in [5.41, 5.74) is 0.813. The van der Waals surface area contributed by atoms with E-state index in [9.17, 15) is 4.79 Å². The van der Waals surface area contributed by atoms with Crippen LogP contribution in [0.3, 0.4) is 0 Å². The van der Waals surface area contributed by atoms with Gasteiger partial charge in [0.05, 0.1) is 0 Å². The van der Waals surface area contributed by atoms with Gasteiger partial charge in [0.2, 0.25) is 5.56 Å². The maximum atomic E-state index is 10.6. The van der Waals surface area contributed by atoms with Gasteiger partial charge in [-0.2, -0.15) is 0 Å².